The molecule has 1 aliphatic heterocycles. The third-order valence-electron chi connectivity index (χ3n) is 3.22. The van der Waals surface area contributed by atoms with Crippen molar-refractivity contribution in [3.05, 3.63) is 35.8 Å². The summed E-state index contributed by atoms with van der Waals surface area (Å²) in [7, 11) is -3.23. The second-order valence-electron chi connectivity index (χ2n) is 4.67. The highest BCUT2D eigenvalue weighted by molar-refractivity contribution is 7.91. The first kappa shape index (κ1) is 11.7. The third kappa shape index (κ3) is 1.81. The van der Waals surface area contributed by atoms with Crippen LogP contribution in [-0.4, -0.2) is 25.0 Å². The van der Waals surface area contributed by atoms with Crippen molar-refractivity contribution in [2.45, 2.75) is 12.0 Å². The molecule has 1 aliphatic rings. The van der Waals surface area contributed by atoms with Crippen LogP contribution in [0.25, 0.3) is 11.0 Å². The molecule has 1 fully saturated rings. The molecule has 0 saturated carbocycles. The van der Waals surface area contributed by atoms with Crippen molar-refractivity contribution in [1.29, 1.82) is 0 Å². The molecule has 1 atom stereocenters. The first-order chi connectivity index (χ1) is 8.38. The van der Waals surface area contributed by atoms with E-state index < -0.39 is 21.3 Å². The minimum Gasteiger partial charge on any atom is -0.458 e. The molecule has 1 unspecified atom stereocenters. The van der Waals surface area contributed by atoms with E-state index in [2.05, 4.69) is 0 Å². The number of sulfone groups is 1. The summed E-state index contributed by atoms with van der Waals surface area (Å²) in [5.41, 5.74) is -1.06. The smallest absolute Gasteiger partial charge is 0.153 e. The predicted molar refractivity (Wildman–Crippen MR) is 63.3 cm³/mol. The van der Waals surface area contributed by atoms with Gasteiger partial charge in [0.05, 0.1) is 11.5 Å². The minimum absolute atomic E-state index is 0.0606. The first-order valence-corrected chi connectivity index (χ1v) is 7.33. The normalized spacial score (nSPS) is 26.8. The van der Waals surface area contributed by atoms with Gasteiger partial charge in [-0.1, -0.05) is 0 Å². The molecule has 1 saturated heterocycles. The highest BCUT2D eigenvalue weighted by atomic mass is 32.2. The number of benzene rings is 1. The number of hydrogen-bond donors (Lipinski definition) is 1. The summed E-state index contributed by atoms with van der Waals surface area (Å²) in [5, 5.41) is 10.8. The first-order valence-electron chi connectivity index (χ1n) is 5.50. The van der Waals surface area contributed by atoms with Crippen molar-refractivity contribution < 1.29 is 22.3 Å². The van der Waals surface area contributed by atoms with E-state index in [1.807, 2.05) is 0 Å². The fourth-order valence-corrected chi connectivity index (χ4v) is 4.08. The van der Waals surface area contributed by atoms with E-state index in [-0.39, 0.29) is 23.7 Å². The summed E-state index contributed by atoms with van der Waals surface area (Å²) >= 11 is 0. The molecule has 18 heavy (non-hydrogen) atoms. The molecule has 0 amide bonds. The van der Waals surface area contributed by atoms with Gasteiger partial charge in [0.25, 0.3) is 0 Å². The highest BCUT2D eigenvalue weighted by Gasteiger charge is 2.44. The SMILES string of the molecule is O=S1(=O)CCC(O)(c2cc3cc(F)ccc3o2)C1. The van der Waals surface area contributed by atoms with Crippen molar-refractivity contribution in [2.24, 2.45) is 0 Å². The number of aliphatic hydroxyl groups is 1. The van der Waals surface area contributed by atoms with E-state index in [0.29, 0.717) is 11.0 Å². The Bertz CT molecular complexity index is 719. The van der Waals surface area contributed by atoms with Crippen LogP contribution in [0.15, 0.2) is 28.7 Å². The fourth-order valence-electron chi connectivity index (χ4n) is 2.27. The summed E-state index contributed by atoms with van der Waals surface area (Å²) in [6.45, 7) is 0. The van der Waals surface area contributed by atoms with Gasteiger partial charge in [-0.25, -0.2) is 12.8 Å². The molecule has 2 heterocycles. The Hall–Kier alpha value is -1.40. The molecule has 0 bridgehead atoms. The maximum atomic E-state index is 13.0. The van der Waals surface area contributed by atoms with Crippen LogP contribution in [0.4, 0.5) is 4.39 Å². The highest BCUT2D eigenvalue weighted by Crippen LogP contribution is 2.36. The summed E-state index contributed by atoms with van der Waals surface area (Å²) < 4.78 is 41.3. The van der Waals surface area contributed by atoms with Gasteiger partial charge >= 0.3 is 0 Å². The molecule has 96 valence electrons. The molecule has 6 heteroatoms. The van der Waals surface area contributed by atoms with E-state index in [1.54, 1.807) is 0 Å². The number of fused-ring (bicyclic) bond motifs is 1. The number of halogens is 1. The van der Waals surface area contributed by atoms with E-state index >= 15 is 0 Å². The number of hydrogen-bond acceptors (Lipinski definition) is 4. The Labute approximate surface area is 103 Å². The zero-order chi connectivity index (χ0) is 13.0. The van der Waals surface area contributed by atoms with Crippen molar-refractivity contribution in [3.8, 4) is 0 Å². The van der Waals surface area contributed by atoms with Gasteiger partial charge in [-0.2, -0.15) is 0 Å². The van der Waals surface area contributed by atoms with Gasteiger partial charge in [0.2, 0.25) is 0 Å². The Morgan fingerprint density at radius 1 is 1.33 bits per heavy atom. The van der Waals surface area contributed by atoms with Crippen molar-refractivity contribution in [1.82, 2.24) is 0 Å². The Kier molecular flexibility index (Phi) is 2.30. The third-order valence-corrected chi connectivity index (χ3v) is 4.97. The van der Waals surface area contributed by atoms with Crippen molar-refractivity contribution >= 4 is 20.8 Å². The molecule has 4 nitrogen and oxygen atoms in total. The maximum absolute atomic E-state index is 13.0. The monoisotopic (exact) mass is 270 g/mol. The van der Waals surface area contributed by atoms with Gasteiger partial charge in [0.15, 0.2) is 9.84 Å². The van der Waals surface area contributed by atoms with Gasteiger partial charge in [0, 0.05) is 5.39 Å². The average Bonchev–Trinajstić information content (AvgIpc) is 2.80. The summed E-state index contributed by atoms with van der Waals surface area (Å²) in [6, 6.07) is 5.50. The van der Waals surface area contributed by atoms with Crippen LogP contribution in [-0.2, 0) is 15.4 Å². The largest absolute Gasteiger partial charge is 0.458 e. The molecule has 2 aromatic rings. The summed E-state index contributed by atoms with van der Waals surface area (Å²) in [5.74, 6) is -0.623. The van der Waals surface area contributed by atoms with Crippen LogP contribution in [0.3, 0.4) is 0 Å². The zero-order valence-corrected chi connectivity index (χ0v) is 10.2. The fraction of sp³-hybridized carbons (Fsp3) is 0.333. The summed E-state index contributed by atoms with van der Waals surface area (Å²) in [4.78, 5) is 0. The number of furan rings is 1. The van der Waals surface area contributed by atoms with Crippen LogP contribution in [0, 0.1) is 5.82 Å². The molecule has 1 N–H and O–H groups in total. The lowest BCUT2D eigenvalue weighted by Gasteiger charge is -2.16. The second-order valence-corrected chi connectivity index (χ2v) is 6.85. The molecule has 0 aliphatic carbocycles. The molecular weight excluding hydrogens is 259 g/mol. The maximum Gasteiger partial charge on any atom is 0.153 e. The lowest BCUT2D eigenvalue weighted by Crippen LogP contribution is -2.26. The van der Waals surface area contributed by atoms with E-state index in [4.69, 9.17) is 4.42 Å². The molecule has 0 radical (unpaired) electrons. The van der Waals surface area contributed by atoms with Gasteiger partial charge in [-0.05, 0) is 30.7 Å². The number of rotatable bonds is 1. The molecule has 1 aromatic heterocycles. The lowest BCUT2D eigenvalue weighted by molar-refractivity contribution is 0.0434. The van der Waals surface area contributed by atoms with Crippen molar-refractivity contribution in [3.63, 3.8) is 0 Å². The van der Waals surface area contributed by atoms with E-state index in [1.165, 1.54) is 24.3 Å². The Balaban J connectivity index is 2.10. The zero-order valence-electron chi connectivity index (χ0n) is 9.39. The van der Waals surface area contributed by atoms with Crippen LogP contribution < -0.4 is 0 Å². The second kappa shape index (κ2) is 3.55. The van der Waals surface area contributed by atoms with Gasteiger partial charge in [-0.3, -0.25) is 0 Å². The summed E-state index contributed by atoms with van der Waals surface area (Å²) in [6.07, 6.45) is 0.109. The molecule has 1 aromatic carbocycles. The van der Waals surface area contributed by atoms with Crippen LogP contribution >= 0.6 is 0 Å². The molecular formula is C12H11FO4S. The molecule has 3 rings (SSSR count). The Morgan fingerprint density at radius 3 is 2.78 bits per heavy atom. The van der Waals surface area contributed by atoms with Gasteiger partial charge in [-0.15, -0.1) is 0 Å². The molecule has 0 spiro atoms. The predicted octanol–water partition coefficient (Wildman–Crippen LogP) is 1.58. The van der Waals surface area contributed by atoms with Crippen LogP contribution in [0.2, 0.25) is 0 Å². The topological polar surface area (TPSA) is 67.5 Å². The van der Waals surface area contributed by atoms with Gasteiger partial charge in [0.1, 0.15) is 22.8 Å². The average molecular weight is 270 g/mol. The minimum atomic E-state index is -3.23. The standard InChI is InChI=1S/C12H11FO4S/c13-9-1-2-10-8(5-9)6-11(17-10)12(14)3-4-18(15,16)7-12/h1-2,5-6,14H,3-4,7H2. The quantitative estimate of drug-likeness (QED) is 0.854. The van der Waals surface area contributed by atoms with Crippen LogP contribution in [0.1, 0.15) is 12.2 Å². The lowest BCUT2D eigenvalue weighted by atomic mass is 10.0. The Morgan fingerprint density at radius 2 is 2.11 bits per heavy atom. The van der Waals surface area contributed by atoms with E-state index in [0.717, 1.165) is 0 Å². The van der Waals surface area contributed by atoms with Crippen molar-refractivity contribution in [2.75, 3.05) is 11.5 Å². The van der Waals surface area contributed by atoms with Gasteiger partial charge < -0.3 is 9.52 Å². The van der Waals surface area contributed by atoms with Crippen LogP contribution in [0.5, 0.6) is 0 Å². The van der Waals surface area contributed by atoms with E-state index in [9.17, 15) is 17.9 Å².